The molecule has 0 heterocycles. The van der Waals surface area contributed by atoms with Crippen LogP contribution in [0.1, 0.15) is 67.7 Å². The summed E-state index contributed by atoms with van der Waals surface area (Å²) in [6.07, 6.45) is -5.19. The minimum absolute atomic E-state index is 0.0898. The maximum absolute atomic E-state index is 12.5. The van der Waals surface area contributed by atoms with Crippen molar-refractivity contribution in [2.24, 2.45) is 34.0 Å². The molecule has 4 aliphatic rings. The van der Waals surface area contributed by atoms with Gasteiger partial charge < -0.3 is 29.2 Å². The molecule has 0 aromatic carbocycles. The molecule has 11 atom stereocenters. The molecule has 10 nitrogen and oxygen atoms in total. The molecule has 38 heavy (non-hydrogen) atoms. The lowest BCUT2D eigenvalue weighted by Crippen LogP contribution is -2.77. The molecule has 4 aliphatic carbocycles. The molecular weight excluding hydrogens is 496 g/mol. The Morgan fingerprint density at radius 3 is 1.89 bits per heavy atom. The highest BCUT2D eigenvalue weighted by molar-refractivity contribution is 5.68. The highest BCUT2D eigenvalue weighted by Crippen LogP contribution is 2.73. The highest BCUT2D eigenvalue weighted by atomic mass is 16.6. The number of hydrogen-bond donors (Lipinski definition) is 2. The van der Waals surface area contributed by atoms with Gasteiger partial charge in [0.15, 0.2) is 0 Å². The zero-order valence-corrected chi connectivity index (χ0v) is 23.2. The molecule has 0 aliphatic heterocycles. The first-order chi connectivity index (χ1) is 17.5. The molecule has 0 aromatic rings. The SMILES string of the molecule is C=C1C2CC(OC(C)=O)C3C4(C)C(OC(C)=O)CC(O)C(C)(C)C4C(O)C(OC(C)=O)C3(C2)C1OC(C)=O. The third-order valence-electron chi connectivity index (χ3n) is 9.93. The van der Waals surface area contributed by atoms with Crippen molar-refractivity contribution in [3.8, 4) is 0 Å². The molecule has 0 amide bonds. The zero-order chi connectivity index (χ0) is 28.5. The van der Waals surface area contributed by atoms with E-state index in [9.17, 15) is 29.4 Å². The molecule has 2 N–H and O–H groups in total. The number of aliphatic hydroxyl groups is 2. The quantitative estimate of drug-likeness (QED) is 0.311. The Morgan fingerprint density at radius 1 is 0.816 bits per heavy atom. The van der Waals surface area contributed by atoms with E-state index in [4.69, 9.17) is 18.9 Å². The van der Waals surface area contributed by atoms with Gasteiger partial charge in [-0.25, -0.2) is 0 Å². The molecule has 4 rings (SSSR count). The molecule has 0 saturated heterocycles. The molecular formula is C28H40O10. The summed E-state index contributed by atoms with van der Waals surface area (Å²) >= 11 is 0. The van der Waals surface area contributed by atoms with Crippen LogP contribution < -0.4 is 0 Å². The zero-order valence-electron chi connectivity index (χ0n) is 23.2. The summed E-state index contributed by atoms with van der Waals surface area (Å²) in [4.78, 5) is 49.6. The summed E-state index contributed by atoms with van der Waals surface area (Å²) in [6, 6.07) is 0. The fourth-order valence-corrected chi connectivity index (χ4v) is 9.01. The Bertz CT molecular complexity index is 1050. The molecule has 10 heteroatoms. The van der Waals surface area contributed by atoms with Crippen molar-refractivity contribution < 1.29 is 48.3 Å². The van der Waals surface area contributed by atoms with E-state index in [1.165, 1.54) is 27.7 Å². The van der Waals surface area contributed by atoms with Crippen LogP contribution in [0.2, 0.25) is 0 Å². The van der Waals surface area contributed by atoms with E-state index in [-0.39, 0.29) is 12.3 Å². The van der Waals surface area contributed by atoms with Crippen molar-refractivity contribution in [2.75, 3.05) is 0 Å². The van der Waals surface area contributed by atoms with E-state index in [1.807, 2.05) is 20.8 Å². The van der Waals surface area contributed by atoms with Crippen molar-refractivity contribution in [3.05, 3.63) is 12.2 Å². The second-order valence-electron chi connectivity index (χ2n) is 12.5. The van der Waals surface area contributed by atoms with Crippen LogP contribution in [0.15, 0.2) is 12.2 Å². The van der Waals surface area contributed by atoms with E-state index in [1.54, 1.807) is 0 Å². The van der Waals surface area contributed by atoms with Gasteiger partial charge in [0.2, 0.25) is 0 Å². The van der Waals surface area contributed by atoms with E-state index >= 15 is 0 Å². The minimum atomic E-state index is -1.33. The number of carbonyl (C=O) groups is 4. The van der Waals surface area contributed by atoms with Crippen LogP contribution in [0.5, 0.6) is 0 Å². The van der Waals surface area contributed by atoms with Gasteiger partial charge in [-0.05, 0) is 29.7 Å². The summed E-state index contributed by atoms with van der Waals surface area (Å²) in [7, 11) is 0. The third-order valence-corrected chi connectivity index (χ3v) is 9.93. The Hall–Kier alpha value is -2.46. The van der Waals surface area contributed by atoms with Gasteiger partial charge in [0.1, 0.15) is 24.4 Å². The predicted molar refractivity (Wildman–Crippen MR) is 132 cm³/mol. The van der Waals surface area contributed by atoms with Crippen LogP contribution in [0.4, 0.5) is 0 Å². The van der Waals surface area contributed by atoms with Gasteiger partial charge in [-0.1, -0.05) is 27.4 Å². The van der Waals surface area contributed by atoms with Gasteiger partial charge in [0, 0.05) is 51.4 Å². The number of hydrogen-bond acceptors (Lipinski definition) is 10. The number of ether oxygens (including phenoxy) is 4. The van der Waals surface area contributed by atoms with E-state index in [0.717, 1.165) is 0 Å². The van der Waals surface area contributed by atoms with Crippen LogP contribution in [0.25, 0.3) is 0 Å². The first kappa shape index (κ1) is 28.5. The van der Waals surface area contributed by atoms with Crippen molar-refractivity contribution in [2.45, 2.75) is 104 Å². The van der Waals surface area contributed by atoms with E-state index < -0.39 is 88.6 Å². The van der Waals surface area contributed by atoms with Crippen molar-refractivity contribution >= 4 is 23.9 Å². The average molecular weight is 537 g/mol. The van der Waals surface area contributed by atoms with Crippen molar-refractivity contribution in [1.82, 2.24) is 0 Å². The lowest BCUT2D eigenvalue weighted by atomic mass is 9.37. The van der Waals surface area contributed by atoms with Crippen LogP contribution in [0, 0.1) is 34.0 Å². The number of carbonyl (C=O) groups excluding carboxylic acids is 4. The molecule has 1 spiro atoms. The van der Waals surface area contributed by atoms with Gasteiger partial charge in [0.05, 0.1) is 17.6 Å². The van der Waals surface area contributed by atoms with Gasteiger partial charge in [-0.3, -0.25) is 19.2 Å². The predicted octanol–water partition coefficient (Wildman–Crippen LogP) is 2.08. The van der Waals surface area contributed by atoms with Crippen LogP contribution in [-0.4, -0.2) is 70.7 Å². The number of aliphatic hydroxyl groups excluding tert-OH is 2. The fraction of sp³-hybridized carbons (Fsp3) is 0.786. The first-order valence-electron chi connectivity index (χ1n) is 13.2. The summed E-state index contributed by atoms with van der Waals surface area (Å²) in [5.74, 6) is -3.97. The van der Waals surface area contributed by atoms with Crippen molar-refractivity contribution in [3.63, 3.8) is 0 Å². The average Bonchev–Trinajstić information content (AvgIpc) is 2.96. The number of rotatable bonds is 4. The summed E-state index contributed by atoms with van der Waals surface area (Å²) in [5.41, 5.74) is -2.63. The van der Waals surface area contributed by atoms with E-state index in [2.05, 4.69) is 6.58 Å². The molecule has 212 valence electrons. The standard InChI is InChI=1S/C28H40O10/c1-12-17-9-18(35-13(2)29)22-27(8)20(36-14(3)30)10-19(33)26(6,7)23(27)21(34)25(38-16(5)32)28(22,11-17)24(12)37-15(4)31/h17-25,33-34H,1,9-11H2,2-8H3. The minimum Gasteiger partial charge on any atom is -0.462 e. The molecule has 0 radical (unpaired) electrons. The third kappa shape index (κ3) is 3.97. The van der Waals surface area contributed by atoms with Gasteiger partial charge in [-0.2, -0.15) is 0 Å². The van der Waals surface area contributed by atoms with Gasteiger partial charge in [-0.15, -0.1) is 0 Å². The Balaban J connectivity index is 2.06. The highest BCUT2D eigenvalue weighted by Gasteiger charge is 2.80. The molecule has 11 unspecified atom stereocenters. The topological polar surface area (TPSA) is 146 Å². The van der Waals surface area contributed by atoms with Gasteiger partial charge in [0.25, 0.3) is 0 Å². The van der Waals surface area contributed by atoms with Crippen LogP contribution >= 0.6 is 0 Å². The number of fused-ring (bicyclic) bond motifs is 3. The largest absolute Gasteiger partial charge is 0.462 e. The smallest absolute Gasteiger partial charge is 0.303 e. The monoisotopic (exact) mass is 536 g/mol. The first-order valence-corrected chi connectivity index (χ1v) is 13.2. The Labute approximate surface area is 223 Å². The van der Waals surface area contributed by atoms with E-state index in [0.29, 0.717) is 18.4 Å². The summed E-state index contributed by atoms with van der Waals surface area (Å²) < 4.78 is 23.6. The maximum Gasteiger partial charge on any atom is 0.303 e. The second kappa shape index (κ2) is 9.33. The lowest BCUT2D eigenvalue weighted by Gasteiger charge is -2.70. The fourth-order valence-electron chi connectivity index (χ4n) is 9.01. The number of esters is 4. The second-order valence-corrected chi connectivity index (χ2v) is 12.5. The maximum atomic E-state index is 12.5. The molecule has 4 fully saturated rings. The summed E-state index contributed by atoms with van der Waals surface area (Å²) in [5, 5.41) is 23.4. The molecule has 2 bridgehead atoms. The lowest BCUT2D eigenvalue weighted by molar-refractivity contribution is -0.324. The Kier molecular flexibility index (Phi) is 7.01. The Morgan fingerprint density at radius 2 is 1.37 bits per heavy atom. The van der Waals surface area contributed by atoms with Crippen molar-refractivity contribution in [1.29, 1.82) is 0 Å². The van der Waals surface area contributed by atoms with Crippen LogP contribution in [-0.2, 0) is 38.1 Å². The summed E-state index contributed by atoms with van der Waals surface area (Å²) in [6.45, 7) is 14.9. The molecule has 0 aromatic heterocycles. The van der Waals surface area contributed by atoms with Gasteiger partial charge >= 0.3 is 23.9 Å². The molecule has 4 saturated carbocycles. The normalized spacial score (nSPS) is 44.8. The van der Waals surface area contributed by atoms with Crippen LogP contribution in [0.3, 0.4) is 0 Å².